The fourth-order valence-electron chi connectivity index (χ4n) is 2.14. The van der Waals surface area contributed by atoms with E-state index < -0.39 is 0 Å². The minimum absolute atomic E-state index is 0.0623. The van der Waals surface area contributed by atoms with Gasteiger partial charge < -0.3 is 5.11 Å². The van der Waals surface area contributed by atoms with E-state index in [1.807, 2.05) is 62.4 Å². The molecule has 2 rings (SSSR count). The molecular weight excluding hydrogens is 284 g/mol. The number of aliphatic hydroxyl groups excluding tert-OH is 1. The fraction of sp³-hybridized carbons (Fsp3) is 0.0952. The van der Waals surface area contributed by atoms with Crippen molar-refractivity contribution in [1.29, 1.82) is 0 Å². The molecule has 0 bridgehead atoms. The van der Waals surface area contributed by atoms with Gasteiger partial charge >= 0.3 is 0 Å². The zero-order valence-corrected chi connectivity index (χ0v) is 13.4. The Morgan fingerprint density at radius 3 is 1.83 bits per heavy atom. The van der Waals surface area contributed by atoms with Gasteiger partial charge in [-0.2, -0.15) is 0 Å². The zero-order valence-electron chi connectivity index (χ0n) is 13.4. The van der Waals surface area contributed by atoms with E-state index in [2.05, 4.69) is 0 Å². The van der Waals surface area contributed by atoms with Gasteiger partial charge in [-0.05, 0) is 48.3 Å². The van der Waals surface area contributed by atoms with Gasteiger partial charge in [0, 0.05) is 6.08 Å². The van der Waals surface area contributed by atoms with Gasteiger partial charge in [0.15, 0.2) is 5.78 Å². The van der Waals surface area contributed by atoms with E-state index in [9.17, 15) is 9.90 Å². The van der Waals surface area contributed by atoms with Crippen molar-refractivity contribution in [3.05, 3.63) is 94.8 Å². The summed E-state index contributed by atoms with van der Waals surface area (Å²) in [5, 5.41) is 9.84. The second-order valence-corrected chi connectivity index (χ2v) is 5.35. The molecule has 1 N–H and O–H groups in total. The summed E-state index contributed by atoms with van der Waals surface area (Å²) in [5.41, 5.74) is 4.21. The minimum Gasteiger partial charge on any atom is -0.508 e. The minimum atomic E-state index is -0.250. The van der Waals surface area contributed by atoms with Crippen molar-refractivity contribution in [1.82, 2.24) is 0 Å². The fourth-order valence-corrected chi connectivity index (χ4v) is 2.14. The average molecular weight is 304 g/mol. The van der Waals surface area contributed by atoms with Gasteiger partial charge in [-0.1, -0.05) is 60.7 Å². The molecule has 0 fully saturated rings. The Labute approximate surface area is 137 Å². The van der Waals surface area contributed by atoms with Gasteiger partial charge in [0.2, 0.25) is 0 Å². The van der Waals surface area contributed by atoms with E-state index in [1.54, 1.807) is 12.2 Å². The first-order valence-corrected chi connectivity index (χ1v) is 7.48. The summed E-state index contributed by atoms with van der Waals surface area (Å²) in [6, 6.07) is 15.7. The van der Waals surface area contributed by atoms with Crippen LogP contribution in [-0.2, 0) is 4.79 Å². The van der Waals surface area contributed by atoms with Gasteiger partial charge in [-0.25, -0.2) is 0 Å². The van der Waals surface area contributed by atoms with Crippen molar-refractivity contribution in [3.8, 4) is 0 Å². The van der Waals surface area contributed by atoms with Crippen LogP contribution >= 0.6 is 0 Å². The molecule has 0 amide bonds. The van der Waals surface area contributed by atoms with Crippen molar-refractivity contribution >= 4 is 17.9 Å². The second kappa shape index (κ2) is 7.95. The third-order valence-electron chi connectivity index (χ3n) is 3.53. The molecular formula is C21H20O2. The third-order valence-corrected chi connectivity index (χ3v) is 3.53. The van der Waals surface area contributed by atoms with Gasteiger partial charge in [-0.15, -0.1) is 0 Å². The highest BCUT2D eigenvalue weighted by atomic mass is 16.3. The molecule has 2 aromatic carbocycles. The number of allylic oxidation sites excluding steroid dienone is 3. The Bertz CT molecular complexity index is 780. The first-order valence-electron chi connectivity index (χ1n) is 7.48. The predicted octanol–water partition coefficient (Wildman–Crippen LogP) is 5.04. The predicted molar refractivity (Wildman–Crippen MR) is 96.1 cm³/mol. The summed E-state index contributed by atoms with van der Waals surface area (Å²) >= 11 is 0. The lowest BCUT2D eigenvalue weighted by Crippen LogP contribution is -1.89. The van der Waals surface area contributed by atoms with Crippen molar-refractivity contribution < 1.29 is 9.90 Å². The van der Waals surface area contributed by atoms with E-state index in [0.29, 0.717) is 0 Å². The largest absolute Gasteiger partial charge is 0.508 e. The highest BCUT2D eigenvalue weighted by Gasteiger charge is 1.97. The molecule has 0 aliphatic carbocycles. The number of hydrogen-bond acceptors (Lipinski definition) is 2. The Morgan fingerprint density at radius 1 is 0.826 bits per heavy atom. The average Bonchev–Trinajstić information content (AvgIpc) is 2.53. The molecule has 0 heterocycles. The van der Waals surface area contributed by atoms with Crippen LogP contribution in [0.25, 0.3) is 12.2 Å². The number of hydrogen-bond donors (Lipinski definition) is 1. The second-order valence-electron chi connectivity index (χ2n) is 5.35. The number of aliphatic hydroxyl groups is 1. The van der Waals surface area contributed by atoms with Crippen LogP contribution in [0.5, 0.6) is 0 Å². The normalized spacial score (nSPS) is 12.2. The molecule has 0 aliphatic heterocycles. The number of carbonyl (C=O) groups excluding carboxylic acids is 1. The van der Waals surface area contributed by atoms with Gasteiger partial charge in [0.1, 0.15) is 5.76 Å². The lowest BCUT2D eigenvalue weighted by atomic mass is 10.1. The van der Waals surface area contributed by atoms with Crippen molar-refractivity contribution in [3.63, 3.8) is 0 Å². The van der Waals surface area contributed by atoms with Crippen LogP contribution < -0.4 is 0 Å². The maximum atomic E-state index is 11.9. The van der Waals surface area contributed by atoms with Crippen LogP contribution in [0.2, 0.25) is 0 Å². The standard InChI is InChI=1S/C21H20O2/c1-16-7-3-5-9-18(16)11-13-20(22)15-21(23)14-12-19-10-6-4-8-17(19)2/h3-15,22H,1-2H3. The summed E-state index contributed by atoms with van der Waals surface area (Å²) in [4.78, 5) is 11.9. The monoisotopic (exact) mass is 304 g/mol. The lowest BCUT2D eigenvalue weighted by Gasteiger charge is -1.98. The first kappa shape index (κ1) is 16.5. The first-order chi connectivity index (χ1) is 11.1. The number of benzene rings is 2. The SMILES string of the molecule is Cc1ccccc1C=CC(=O)C=C(O)C=Cc1ccccc1C. The van der Waals surface area contributed by atoms with Gasteiger partial charge in [0.25, 0.3) is 0 Å². The molecule has 0 atom stereocenters. The molecule has 0 saturated heterocycles. The Hall–Kier alpha value is -2.87. The molecule has 0 aliphatic rings. The van der Waals surface area contributed by atoms with Crippen molar-refractivity contribution in [2.45, 2.75) is 13.8 Å². The topological polar surface area (TPSA) is 37.3 Å². The maximum Gasteiger partial charge on any atom is 0.182 e. The molecule has 2 heteroatoms. The molecule has 0 unspecified atom stereocenters. The Morgan fingerprint density at radius 2 is 1.30 bits per heavy atom. The summed E-state index contributed by atoms with van der Waals surface area (Å²) in [6.45, 7) is 3.99. The summed E-state index contributed by atoms with van der Waals surface area (Å²) in [5.74, 6) is -0.312. The molecule has 0 aromatic heterocycles. The van der Waals surface area contributed by atoms with E-state index in [1.165, 1.54) is 18.2 Å². The third kappa shape index (κ3) is 5.11. The van der Waals surface area contributed by atoms with E-state index >= 15 is 0 Å². The lowest BCUT2D eigenvalue weighted by molar-refractivity contribution is -0.110. The summed E-state index contributed by atoms with van der Waals surface area (Å²) in [7, 11) is 0. The molecule has 0 saturated carbocycles. The van der Waals surface area contributed by atoms with Crippen LogP contribution in [0.15, 0.2) is 72.5 Å². The zero-order chi connectivity index (χ0) is 16.7. The highest BCUT2D eigenvalue weighted by Crippen LogP contribution is 2.11. The van der Waals surface area contributed by atoms with Crippen LogP contribution in [0.4, 0.5) is 0 Å². The molecule has 2 nitrogen and oxygen atoms in total. The van der Waals surface area contributed by atoms with E-state index in [4.69, 9.17) is 0 Å². The molecule has 0 spiro atoms. The number of ketones is 1. The summed E-state index contributed by atoms with van der Waals surface area (Å²) in [6.07, 6.45) is 7.75. The molecule has 116 valence electrons. The van der Waals surface area contributed by atoms with Gasteiger partial charge in [-0.3, -0.25) is 4.79 Å². The summed E-state index contributed by atoms with van der Waals surface area (Å²) < 4.78 is 0. The quantitative estimate of drug-likeness (QED) is 0.477. The Kier molecular flexibility index (Phi) is 5.70. The van der Waals surface area contributed by atoms with Crippen molar-refractivity contribution in [2.24, 2.45) is 0 Å². The van der Waals surface area contributed by atoms with Crippen molar-refractivity contribution in [2.75, 3.05) is 0 Å². The maximum absolute atomic E-state index is 11.9. The van der Waals surface area contributed by atoms with Crippen LogP contribution in [0.3, 0.4) is 0 Å². The smallest absolute Gasteiger partial charge is 0.182 e. The Balaban J connectivity index is 2.04. The molecule has 2 aromatic rings. The number of rotatable bonds is 5. The number of carbonyl (C=O) groups is 1. The van der Waals surface area contributed by atoms with Gasteiger partial charge in [0.05, 0.1) is 0 Å². The molecule has 23 heavy (non-hydrogen) atoms. The number of aryl methyl sites for hydroxylation is 2. The van der Waals surface area contributed by atoms with Crippen LogP contribution in [0.1, 0.15) is 22.3 Å². The van der Waals surface area contributed by atoms with E-state index in [-0.39, 0.29) is 11.5 Å². The van der Waals surface area contributed by atoms with Crippen LogP contribution in [0, 0.1) is 13.8 Å². The van der Waals surface area contributed by atoms with Crippen LogP contribution in [-0.4, -0.2) is 10.9 Å². The molecule has 0 radical (unpaired) electrons. The van der Waals surface area contributed by atoms with E-state index in [0.717, 1.165) is 22.3 Å². The highest BCUT2D eigenvalue weighted by molar-refractivity contribution is 6.02.